The molecule has 1 rings (SSSR count). The van der Waals surface area contributed by atoms with E-state index in [-0.39, 0.29) is 0 Å². The van der Waals surface area contributed by atoms with E-state index in [0.29, 0.717) is 44.9 Å². The van der Waals surface area contributed by atoms with Crippen LogP contribution in [0.5, 0.6) is 0 Å². The molecule has 0 amide bonds. The van der Waals surface area contributed by atoms with Crippen LogP contribution in [0, 0.1) is 11.8 Å². The van der Waals surface area contributed by atoms with E-state index in [1.165, 1.54) is 25.7 Å². The van der Waals surface area contributed by atoms with Crippen molar-refractivity contribution >= 4 is 0 Å². The van der Waals surface area contributed by atoms with Gasteiger partial charge in [-0.2, -0.15) is 0 Å². The summed E-state index contributed by atoms with van der Waals surface area (Å²) in [5.74, 6) is 1.14. The van der Waals surface area contributed by atoms with E-state index in [0.717, 1.165) is 6.54 Å². The molecular weight excluding hydrogens is 246 g/mol. The van der Waals surface area contributed by atoms with Crippen molar-refractivity contribution in [1.82, 2.24) is 0 Å². The monoisotopic (exact) mass is 275 g/mol. The Hall–Kier alpha value is -0.200. The quantitative estimate of drug-likeness (QED) is 0.577. The van der Waals surface area contributed by atoms with Crippen molar-refractivity contribution in [2.24, 2.45) is 17.6 Å². The summed E-state index contributed by atoms with van der Waals surface area (Å²) < 4.78 is 15.7. The van der Waals surface area contributed by atoms with Crippen LogP contribution in [0.1, 0.15) is 25.7 Å². The fourth-order valence-electron chi connectivity index (χ4n) is 2.58. The molecule has 5 nitrogen and oxygen atoms in total. The van der Waals surface area contributed by atoms with Gasteiger partial charge < -0.3 is 25.1 Å². The summed E-state index contributed by atoms with van der Waals surface area (Å²) in [4.78, 5) is 0. The third-order valence-corrected chi connectivity index (χ3v) is 3.75. The van der Waals surface area contributed by atoms with E-state index in [1.54, 1.807) is 7.11 Å². The molecule has 0 spiro atoms. The van der Waals surface area contributed by atoms with Crippen LogP contribution in [-0.2, 0) is 14.2 Å². The van der Waals surface area contributed by atoms with Gasteiger partial charge in [-0.3, -0.25) is 0 Å². The zero-order chi connectivity index (χ0) is 13.9. The smallest absolute Gasteiger partial charge is 0.101 e. The van der Waals surface area contributed by atoms with Gasteiger partial charge in [0.2, 0.25) is 0 Å². The first-order valence-electron chi connectivity index (χ1n) is 7.30. The summed E-state index contributed by atoms with van der Waals surface area (Å²) in [7, 11) is 1.63. The maximum absolute atomic E-state index is 9.69. The fraction of sp³-hybridized carbons (Fsp3) is 1.00. The van der Waals surface area contributed by atoms with Crippen molar-refractivity contribution in [3.63, 3.8) is 0 Å². The minimum absolute atomic E-state index is 0.300. The van der Waals surface area contributed by atoms with E-state index >= 15 is 0 Å². The van der Waals surface area contributed by atoms with Crippen molar-refractivity contribution in [2.75, 3.05) is 46.7 Å². The average Bonchev–Trinajstić information content (AvgIpc) is 2.44. The van der Waals surface area contributed by atoms with Gasteiger partial charge in [0.05, 0.1) is 26.4 Å². The first-order valence-corrected chi connectivity index (χ1v) is 7.30. The van der Waals surface area contributed by atoms with Crippen molar-refractivity contribution < 1.29 is 19.3 Å². The molecule has 1 fully saturated rings. The summed E-state index contributed by atoms with van der Waals surface area (Å²) in [5, 5.41) is 9.69. The molecular formula is C14H29NO4. The zero-order valence-corrected chi connectivity index (χ0v) is 12.1. The van der Waals surface area contributed by atoms with Gasteiger partial charge in [0.1, 0.15) is 6.10 Å². The Kier molecular flexibility index (Phi) is 9.38. The van der Waals surface area contributed by atoms with Gasteiger partial charge in [0.15, 0.2) is 0 Å². The molecule has 19 heavy (non-hydrogen) atoms. The molecule has 3 N–H and O–H groups in total. The molecule has 3 atom stereocenters. The Morgan fingerprint density at radius 3 is 2.47 bits per heavy atom. The van der Waals surface area contributed by atoms with Crippen molar-refractivity contribution in [1.29, 1.82) is 0 Å². The van der Waals surface area contributed by atoms with E-state index in [1.807, 2.05) is 0 Å². The highest BCUT2D eigenvalue weighted by Gasteiger charge is 2.24. The Morgan fingerprint density at radius 1 is 1.11 bits per heavy atom. The minimum Gasteiger partial charge on any atom is -0.388 e. The number of aliphatic hydroxyl groups is 1. The molecule has 0 aliphatic heterocycles. The number of hydrogen-bond acceptors (Lipinski definition) is 5. The number of nitrogens with two attached hydrogens (primary N) is 1. The normalized spacial score (nSPS) is 25.4. The van der Waals surface area contributed by atoms with E-state index in [9.17, 15) is 5.11 Å². The summed E-state index contributed by atoms with van der Waals surface area (Å²) in [6.45, 7) is 3.14. The lowest BCUT2D eigenvalue weighted by Gasteiger charge is -2.30. The summed E-state index contributed by atoms with van der Waals surface area (Å²) in [5.41, 5.74) is 5.78. The molecule has 1 aliphatic carbocycles. The predicted molar refractivity (Wildman–Crippen MR) is 74.0 cm³/mol. The Morgan fingerprint density at radius 2 is 1.79 bits per heavy atom. The maximum Gasteiger partial charge on any atom is 0.101 e. The molecule has 0 radical (unpaired) electrons. The Balaban J connectivity index is 2.04. The van der Waals surface area contributed by atoms with Crippen LogP contribution in [0.25, 0.3) is 0 Å². The highest BCUT2D eigenvalue weighted by atomic mass is 16.5. The van der Waals surface area contributed by atoms with Crippen LogP contribution in [0.3, 0.4) is 0 Å². The van der Waals surface area contributed by atoms with E-state index < -0.39 is 6.10 Å². The molecule has 0 aromatic rings. The first kappa shape index (κ1) is 16.9. The lowest BCUT2D eigenvalue weighted by Crippen LogP contribution is -2.31. The second-order valence-corrected chi connectivity index (χ2v) is 5.30. The fourth-order valence-corrected chi connectivity index (χ4v) is 2.58. The number of aliphatic hydroxyl groups excluding tert-OH is 1. The molecule has 0 bridgehead atoms. The molecule has 3 unspecified atom stereocenters. The summed E-state index contributed by atoms with van der Waals surface area (Å²) >= 11 is 0. The highest BCUT2D eigenvalue weighted by molar-refractivity contribution is 4.75. The van der Waals surface area contributed by atoms with Gasteiger partial charge in [-0.25, -0.2) is 0 Å². The molecule has 0 saturated heterocycles. The molecule has 5 heteroatoms. The second-order valence-electron chi connectivity index (χ2n) is 5.30. The van der Waals surface area contributed by atoms with Crippen molar-refractivity contribution in [3.8, 4) is 0 Å². The maximum atomic E-state index is 9.69. The lowest BCUT2D eigenvalue weighted by atomic mass is 9.80. The van der Waals surface area contributed by atoms with Gasteiger partial charge >= 0.3 is 0 Å². The SMILES string of the molecule is COCCOCC(O)COCC1CCCCC1CN. The number of ether oxygens (including phenoxy) is 3. The van der Waals surface area contributed by atoms with E-state index in [2.05, 4.69) is 0 Å². The second kappa shape index (κ2) is 10.6. The van der Waals surface area contributed by atoms with Gasteiger partial charge in [0.25, 0.3) is 0 Å². The van der Waals surface area contributed by atoms with Gasteiger partial charge in [-0.15, -0.1) is 0 Å². The predicted octanol–water partition coefficient (Wildman–Crippen LogP) is 0.792. The number of methoxy groups -OCH3 is 1. The number of rotatable bonds is 10. The van der Waals surface area contributed by atoms with Gasteiger partial charge in [-0.1, -0.05) is 12.8 Å². The largest absolute Gasteiger partial charge is 0.388 e. The summed E-state index contributed by atoms with van der Waals surface area (Å²) in [6.07, 6.45) is 4.41. The lowest BCUT2D eigenvalue weighted by molar-refractivity contribution is -0.0401. The van der Waals surface area contributed by atoms with E-state index in [4.69, 9.17) is 19.9 Å². The zero-order valence-electron chi connectivity index (χ0n) is 12.1. The van der Waals surface area contributed by atoms with Crippen LogP contribution >= 0.6 is 0 Å². The average molecular weight is 275 g/mol. The highest BCUT2D eigenvalue weighted by Crippen LogP contribution is 2.29. The van der Waals surface area contributed by atoms with Crippen LogP contribution in [0.4, 0.5) is 0 Å². The molecule has 1 saturated carbocycles. The summed E-state index contributed by atoms with van der Waals surface area (Å²) in [6, 6.07) is 0. The molecule has 114 valence electrons. The van der Waals surface area contributed by atoms with Crippen LogP contribution in [0.15, 0.2) is 0 Å². The minimum atomic E-state index is -0.559. The standard InChI is InChI=1S/C14H29NO4/c1-17-6-7-18-10-14(16)11-19-9-13-5-3-2-4-12(13)8-15/h12-14,16H,2-11,15H2,1H3. The van der Waals surface area contributed by atoms with Crippen molar-refractivity contribution in [2.45, 2.75) is 31.8 Å². The molecule has 1 aliphatic rings. The molecule has 0 heterocycles. The Labute approximate surface area is 116 Å². The third-order valence-electron chi connectivity index (χ3n) is 3.75. The number of hydrogen-bond donors (Lipinski definition) is 2. The third kappa shape index (κ3) is 7.22. The Bertz CT molecular complexity index is 216. The molecule has 0 aromatic carbocycles. The molecule has 0 aromatic heterocycles. The van der Waals surface area contributed by atoms with Crippen LogP contribution in [-0.4, -0.2) is 57.9 Å². The van der Waals surface area contributed by atoms with Crippen LogP contribution in [0.2, 0.25) is 0 Å². The first-order chi connectivity index (χ1) is 9.27. The topological polar surface area (TPSA) is 73.9 Å². The van der Waals surface area contributed by atoms with Crippen LogP contribution < -0.4 is 5.73 Å². The van der Waals surface area contributed by atoms with Gasteiger partial charge in [0, 0.05) is 13.7 Å². The van der Waals surface area contributed by atoms with Gasteiger partial charge in [-0.05, 0) is 31.2 Å². The van der Waals surface area contributed by atoms with Crippen molar-refractivity contribution in [3.05, 3.63) is 0 Å².